The Morgan fingerprint density at radius 3 is 0.811 bits per heavy atom. The second kappa shape index (κ2) is 84.6. The fourth-order valence-electron chi connectivity index (χ4n) is 12.4. The van der Waals surface area contributed by atoms with Crippen molar-refractivity contribution < 1.29 is 42.1 Å². The van der Waals surface area contributed by atoms with E-state index >= 15 is 0 Å². The van der Waals surface area contributed by atoms with Crippen LogP contribution in [-0.2, 0) is 32.7 Å². The summed E-state index contributed by atoms with van der Waals surface area (Å²) in [5.41, 5.74) is 0. The number of quaternary nitrogens is 1. The quantitative estimate of drug-likeness (QED) is 0.0211. The van der Waals surface area contributed by atoms with Crippen molar-refractivity contribution in [3.8, 4) is 0 Å². The van der Waals surface area contributed by atoms with Gasteiger partial charge in [0.25, 0.3) is 0 Å². The normalized spacial score (nSPS) is 13.8. The fourth-order valence-corrected chi connectivity index (χ4v) is 13.1. The lowest BCUT2D eigenvalue weighted by Gasteiger charge is -2.24. The van der Waals surface area contributed by atoms with E-state index in [1.807, 2.05) is 21.1 Å². The topological polar surface area (TPSA) is 108 Å². The van der Waals surface area contributed by atoms with Gasteiger partial charge in [0.05, 0.1) is 27.7 Å². The molecular weight excluding hydrogens is 1330 g/mol. The minimum absolute atomic E-state index is 0.0204. The minimum Gasteiger partial charge on any atom is -0.462 e. The van der Waals surface area contributed by atoms with Gasteiger partial charge in [-0.1, -0.05) is 403 Å². The summed E-state index contributed by atoms with van der Waals surface area (Å²) in [7, 11) is 1.45. The number of phosphoric ester groups is 1. The van der Waals surface area contributed by atoms with E-state index in [0.29, 0.717) is 17.4 Å². The van der Waals surface area contributed by atoms with E-state index in [-0.39, 0.29) is 32.0 Å². The molecular formula is C96H167NO8P+. The zero-order chi connectivity index (χ0) is 76.8. The van der Waals surface area contributed by atoms with Gasteiger partial charge in [-0.05, 0) is 128 Å². The van der Waals surface area contributed by atoms with Crippen molar-refractivity contribution in [1.82, 2.24) is 0 Å². The average Bonchev–Trinajstić information content (AvgIpc) is 0.908. The van der Waals surface area contributed by atoms with Crippen molar-refractivity contribution in [3.05, 3.63) is 158 Å². The lowest BCUT2D eigenvalue weighted by molar-refractivity contribution is -0.870. The Morgan fingerprint density at radius 1 is 0.302 bits per heavy atom. The molecule has 0 aliphatic carbocycles. The van der Waals surface area contributed by atoms with Gasteiger partial charge in [-0.3, -0.25) is 18.6 Å². The van der Waals surface area contributed by atoms with Gasteiger partial charge >= 0.3 is 19.8 Å². The molecule has 0 saturated carbocycles. The maximum atomic E-state index is 12.9. The van der Waals surface area contributed by atoms with Gasteiger partial charge in [0.2, 0.25) is 0 Å². The Hall–Kier alpha value is -4.37. The van der Waals surface area contributed by atoms with Gasteiger partial charge < -0.3 is 18.9 Å². The third-order valence-corrected chi connectivity index (χ3v) is 20.0. The number of likely N-dealkylation sites (N-methyl/N-ethyl adjacent to an activating group) is 1. The number of allylic oxidation sites excluding steroid dienone is 26. The van der Waals surface area contributed by atoms with E-state index in [0.717, 1.165) is 122 Å². The molecule has 2 unspecified atom stereocenters. The monoisotopic (exact) mass is 1490 g/mol. The molecule has 0 bridgehead atoms. The lowest BCUT2D eigenvalue weighted by Crippen LogP contribution is -2.37. The molecule has 0 aliphatic heterocycles. The molecule has 9 nitrogen and oxygen atoms in total. The SMILES string of the molecule is CC/C=C\C/C=C\C/C=C\C/C=C\C/C=C\C/C=C\C/C=C\C/C=C\C/C=C\C/C=C\C/C=C\C/C=C\CCCCCCC(=O)OC(COC(=O)CCCCCCCCCCCCCCCCCCCCCCCCCCCCCCC/C=C\CCCCCCCCCC)COP(=O)(O)OCC[N+](C)(C)C. The lowest BCUT2D eigenvalue weighted by atomic mass is 10.0. The van der Waals surface area contributed by atoms with Crippen LogP contribution in [0.2, 0.25) is 0 Å². The number of carbonyl (C=O) groups is 2. The van der Waals surface area contributed by atoms with E-state index in [1.165, 1.54) is 231 Å². The summed E-state index contributed by atoms with van der Waals surface area (Å²) in [4.78, 5) is 36.0. The number of carbonyl (C=O) groups excluding carboxylic acids is 2. The number of unbranched alkanes of at least 4 members (excludes halogenated alkanes) is 41. The first-order valence-corrected chi connectivity index (χ1v) is 45.7. The number of hydrogen-bond acceptors (Lipinski definition) is 7. The van der Waals surface area contributed by atoms with Crippen LogP contribution in [0.15, 0.2) is 158 Å². The van der Waals surface area contributed by atoms with Crippen LogP contribution in [0, 0.1) is 0 Å². The Labute approximate surface area is 656 Å². The Kier molecular flexibility index (Phi) is 81.2. The van der Waals surface area contributed by atoms with E-state index in [4.69, 9.17) is 18.5 Å². The van der Waals surface area contributed by atoms with E-state index in [2.05, 4.69) is 172 Å². The second-order valence-corrected chi connectivity index (χ2v) is 32.0. The molecule has 10 heteroatoms. The number of nitrogens with zero attached hydrogens (tertiary/aromatic N) is 1. The van der Waals surface area contributed by atoms with Gasteiger partial charge in [-0.15, -0.1) is 0 Å². The summed E-state index contributed by atoms with van der Waals surface area (Å²) in [6.07, 6.45) is 127. The van der Waals surface area contributed by atoms with Crippen molar-refractivity contribution in [2.24, 2.45) is 0 Å². The van der Waals surface area contributed by atoms with Crippen LogP contribution >= 0.6 is 7.82 Å². The molecule has 0 aromatic rings. The van der Waals surface area contributed by atoms with Crippen LogP contribution in [0.4, 0.5) is 0 Å². The van der Waals surface area contributed by atoms with Crippen molar-refractivity contribution >= 4 is 19.8 Å². The molecule has 0 radical (unpaired) electrons. The molecule has 608 valence electrons. The molecule has 1 N–H and O–H groups in total. The largest absolute Gasteiger partial charge is 0.472 e. The zero-order valence-corrected chi connectivity index (χ0v) is 70.5. The highest BCUT2D eigenvalue weighted by atomic mass is 31.2. The van der Waals surface area contributed by atoms with Crippen LogP contribution in [0.25, 0.3) is 0 Å². The van der Waals surface area contributed by atoms with Crippen LogP contribution in [-0.4, -0.2) is 74.9 Å². The maximum Gasteiger partial charge on any atom is 0.472 e. The Bertz CT molecular complexity index is 2360. The van der Waals surface area contributed by atoms with Crippen LogP contribution in [0.3, 0.4) is 0 Å². The number of esters is 2. The van der Waals surface area contributed by atoms with Crippen molar-refractivity contribution in [1.29, 1.82) is 0 Å². The molecule has 0 aliphatic rings. The first kappa shape index (κ1) is 102. The second-order valence-electron chi connectivity index (χ2n) is 30.5. The number of ether oxygens (including phenoxy) is 2. The van der Waals surface area contributed by atoms with Crippen LogP contribution in [0.1, 0.15) is 386 Å². The van der Waals surface area contributed by atoms with Crippen LogP contribution in [0.5, 0.6) is 0 Å². The van der Waals surface area contributed by atoms with Crippen molar-refractivity contribution in [2.45, 2.75) is 392 Å². The molecule has 0 rings (SSSR count). The summed E-state index contributed by atoms with van der Waals surface area (Å²) < 4.78 is 34.8. The predicted molar refractivity (Wildman–Crippen MR) is 463 cm³/mol. The summed E-state index contributed by atoms with van der Waals surface area (Å²) in [6, 6.07) is 0. The number of phosphoric acid groups is 1. The summed E-state index contributed by atoms with van der Waals surface area (Å²) >= 11 is 0. The van der Waals surface area contributed by atoms with E-state index < -0.39 is 26.5 Å². The molecule has 0 amide bonds. The first-order chi connectivity index (χ1) is 52.0. The van der Waals surface area contributed by atoms with Gasteiger partial charge in [0.15, 0.2) is 6.10 Å². The minimum atomic E-state index is -4.42. The number of hydrogen-bond donors (Lipinski definition) is 1. The third kappa shape index (κ3) is 88.5. The molecule has 0 spiro atoms. The van der Waals surface area contributed by atoms with Gasteiger partial charge in [0.1, 0.15) is 19.8 Å². The molecule has 106 heavy (non-hydrogen) atoms. The standard InChI is InChI=1S/C96H166NO8P/c1-6-8-10-12-14-16-18-20-22-24-26-28-30-32-34-36-38-40-42-44-46-48-50-52-54-56-58-60-62-64-66-68-70-72-74-76-78-80-82-84-86-88-95(98)102-92-94(93-104-106(100,101)103-91-90-97(3,4)5)105-96(99)89-87-85-83-81-79-77-75-73-71-69-67-65-63-61-59-57-55-53-51-49-47-45-43-41-39-37-35-33-31-29-27-25-23-21-19-17-15-13-11-9-7-2/h9,11,15,17,21,23-24,26-27,29,33,35,39,41,45,47,51,53,57,59,63,65,69,71,75,77,94H,6-8,10,12-14,16,18-20,22,25,28,30-32,34,36-38,40,42-44,46,48-50,52,54-56,58,60-62,64,66-68,70,72-74,76,78-93H2,1-5H3/p+1/b11-9-,17-15-,23-21-,26-24-,29-27-,35-33-,41-39-,47-45-,53-51-,59-57-,65-63-,71-69-,77-75-. The third-order valence-electron chi connectivity index (χ3n) is 19.0. The van der Waals surface area contributed by atoms with Gasteiger partial charge in [-0.25, -0.2) is 4.57 Å². The molecule has 0 aromatic heterocycles. The highest BCUT2D eigenvalue weighted by Gasteiger charge is 2.27. The molecule has 0 heterocycles. The average molecular weight is 1490 g/mol. The molecule has 0 aromatic carbocycles. The molecule has 0 fully saturated rings. The molecule has 0 saturated heterocycles. The maximum absolute atomic E-state index is 12.9. The van der Waals surface area contributed by atoms with Gasteiger partial charge in [0, 0.05) is 12.8 Å². The van der Waals surface area contributed by atoms with Crippen LogP contribution < -0.4 is 0 Å². The zero-order valence-electron chi connectivity index (χ0n) is 69.6. The van der Waals surface area contributed by atoms with Crippen molar-refractivity contribution in [2.75, 3.05) is 47.5 Å². The van der Waals surface area contributed by atoms with Crippen molar-refractivity contribution in [3.63, 3.8) is 0 Å². The summed E-state index contributed by atoms with van der Waals surface area (Å²) in [5, 5.41) is 0. The Morgan fingerprint density at radius 2 is 0.538 bits per heavy atom. The van der Waals surface area contributed by atoms with E-state index in [9.17, 15) is 19.0 Å². The predicted octanol–water partition coefficient (Wildman–Crippen LogP) is 30.2. The Balaban J connectivity index is 4.00. The highest BCUT2D eigenvalue weighted by molar-refractivity contribution is 7.47. The highest BCUT2D eigenvalue weighted by Crippen LogP contribution is 2.43. The molecule has 2 atom stereocenters. The smallest absolute Gasteiger partial charge is 0.462 e. The summed E-state index contributed by atoms with van der Waals surface area (Å²) in [6.45, 7) is 4.32. The number of rotatable bonds is 81. The van der Waals surface area contributed by atoms with Gasteiger partial charge in [-0.2, -0.15) is 0 Å². The first-order valence-electron chi connectivity index (χ1n) is 44.2. The fraction of sp³-hybridized carbons (Fsp3) is 0.708. The summed E-state index contributed by atoms with van der Waals surface area (Å²) in [5.74, 6) is -0.822. The van der Waals surface area contributed by atoms with E-state index in [1.54, 1.807) is 0 Å².